The van der Waals surface area contributed by atoms with Crippen molar-refractivity contribution in [2.45, 2.75) is 38.0 Å². The zero-order valence-corrected chi connectivity index (χ0v) is 15.7. The van der Waals surface area contributed by atoms with E-state index in [2.05, 4.69) is 22.7 Å². The van der Waals surface area contributed by atoms with Crippen LogP contribution in [0.15, 0.2) is 24.3 Å². The first-order valence-corrected chi connectivity index (χ1v) is 8.98. The van der Waals surface area contributed by atoms with Crippen LogP contribution in [0, 0.1) is 11.8 Å². The average molecular weight is 393 g/mol. The lowest BCUT2D eigenvalue weighted by Gasteiger charge is -2.35. The van der Waals surface area contributed by atoms with E-state index in [-0.39, 0.29) is 24.5 Å². The lowest BCUT2D eigenvalue weighted by Crippen LogP contribution is -2.42. The number of likely N-dealkylation sites (tertiary alicyclic amines) is 1. The highest BCUT2D eigenvalue weighted by molar-refractivity contribution is 5.85. The molecule has 0 saturated carbocycles. The Morgan fingerprint density at radius 1 is 1.19 bits per heavy atom. The molecule has 3 unspecified atom stereocenters. The number of hydrogen-bond acceptors (Lipinski definition) is 4. The third-order valence-electron chi connectivity index (χ3n) is 5.56. The van der Waals surface area contributed by atoms with E-state index < -0.39 is 11.7 Å². The van der Waals surface area contributed by atoms with E-state index in [4.69, 9.17) is 5.73 Å². The number of halogens is 4. The van der Waals surface area contributed by atoms with Crippen molar-refractivity contribution >= 4 is 12.4 Å². The van der Waals surface area contributed by atoms with Crippen LogP contribution in [0.2, 0.25) is 0 Å². The zero-order chi connectivity index (χ0) is 18.0. The monoisotopic (exact) mass is 392 g/mol. The van der Waals surface area contributed by atoms with Gasteiger partial charge in [0.25, 0.3) is 0 Å². The van der Waals surface area contributed by atoms with Crippen LogP contribution in [0.5, 0.6) is 0 Å². The summed E-state index contributed by atoms with van der Waals surface area (Å²) < 4.78 is 38.2. The second-order valence-corrected chi connectivity index (χ2v) is 7.38. The van der Waals surface area contributed by atoms with Crippen molar-refractivity contribution in [2.24, 2.45) is 17.6 Å². The van der Waals surface area contributed by atoms with E-state index in [9.17, 15) is 13.2 Å². The summed E-state index contributed by atoms with van der Waals surface area (Å²) in [5.74, 6) is 0.936. The number of nitrogens with one attached hydrogen (secondary N) is 2. The first kappa shape index (κ1) is 21.4. The van der Waals surface area contributed by atoms with Crippen LogP contribution in [0.1, 0.15) is 36.9 Å². The van der Waals surface area contributed by atoms with Crippen LogP contribution < -0.4 is 16.6 Å². The lowest BCUT2D eigenvalue weighted by molar-refractivity contribution is -0.137. The van der Waals surface area contributed by atoms with Gasteiger partial charge >= 0.3 is 6.18 Å². The van der Waals surface area contributed by atoms with Crippen molar-refractivity contribution in [3.63, 3.8) is 0 Å². The summed E-state index contributed by atoms with van der Waals surface area (Å²) in [6.45, 7) is 5.92. The fourth-order valence-electron chi connectivity index (χ4n) is 3.93. The van der Waals surface area contributed by atoms with Gasteiger partial charge in [0.05, 0.1) is 11.6 Å². The molecule has 4 N–H and O–H groups in total. The molecule has 0 aromatic heterocycles. The second-order valence-electron chi connectivity index (χ2n) is 7.38. The molecule has 3 atom stereocenters. The second kappa shape index (κ2) is 8.89. The van der Waals surface area contributed by atoms with Gasteiger partial charge in [-0.1, -0.05) is 12.1 Å². The maximum Gasteiger partial charge on any atom is 0.416 e. The number of rotatable bonds is 4. The van der Waals surface area contributed by atoms with E-state index in [1.54, 1.807) is 12.1 Å². The number of hydrazine groups is 1. The Bertz CT molecular complexity index is 557. The van der Waals surface area contributed by atoms with Crippen LogP contribution in [0.3, 0.4) is 0 Å². The molecule has 148 valence electrons. The predicted octanol–water partition coefficient (Wildman–Crippen LogP) is 2.95. The summed E-state index contributed by atoms with van der Waals surface area (Å²) in [4.78, 5) is 2.45. The normalized spacial score (nSPS) is 26.5. The minimum atomic E-state index is -4.29. The van der Waals surface area contributed by atoms with Crippen molar-refractivity contribution in [3.05, 3.63) is 35.4 Å². The van der Waals surface area contributed by atoms with Gasteiger partial charge in [0.2, 0.25) is 0 Å². The van der Waals surface area contributed by atoms with Crippen LogP contribution in [-0.4, -0.2) is 37.1 Å². The fourth-order valence-corrected chi connectivity index (χ4v) is 3.93. The molecule has 1 aromatic rings. The first-order chi connectivity index (χ1) is 11.8. The van der Waals surface area contributed by atoms with Gasteiger partial charge in [-0.05, 0) is 56.5 Å². The zero-order valence-electron chi connectivity index (χ0n) is 14.9. The molecule has 2 aliphatic heterocycles. The number of alkyl halides is 3. The molecule has 2 aliphatic rings. The van der Waals surface area contributed by atoms with E-state index in [0.717, 1.165) is 44.6 Å². The van der Waals surface area contributed by atoms with Crippen LogP contribution >= 0.6 is 12.4 Å². The molecule has 2 heterocycles. The summed E-state index contributed by atoms with van der Waals surface area (Å²) in [6.07, 6.45) is -2.05. The molecular weight excluding hydrogens is 365 g/mol. The molecule has 2 fully saturated rings. The Balaban J connectivity index is 0.00000243. The van der Waals surface area contributed by atoms with Crippen molar-refractivity contribution < 1.29 is 13.2 Å². The maximum absolute atomic E-state index is 12.7. The number of benzene rings is 1. The van der Waals surface area contributed by atoms with E-state index in [0.29, 0.717) is 11.8 Å². The standard InChI is InChI=1S/C18H27F3N4.ClH/c1-12(22)13-6-8-25(9-7-13)11-15-10-23-24-17(15)14-2-4-16(5-3-14)18(19,20)21;/h2-5,12-13,15,17,23-24H,6-11,22H2,1H3;1H. The van der Waals surface area contributed by atoms with Gasteiger partial charge in [0.15, 0.2) is 0 Å². The quantitative estimate of drug-likeness (QED) is 0.737. The summed E-state index contributed by atoms with van der Waals surface area (Å²) in [7, 11) is 0. The Labute approximate surface area is 159 Å². The molecule has 26 heavy (non-hydrogen) atoms. The Kier molecular flexibility index (Phi) is 7.33. The van der Waals surface area contributed by atoms with E-state index in [1.165, 1.54) is 12.1 Å². The molecule has 0 amide bonds. The average Bonchev–Trinajstić information content (AvgIpc) is 3.03. The van der Waals surface area contributed by atoms with Gasteiger partial charge in [-0.25, -0.2) is 5.43 Å². The molecule has 3 rings (SSSR count). The first-order valence-electron chi connectivity index (χ1n) is 8.98. The van der Waals surface area contributed by atoms with Crippen LogP contribution in [0.25, 0.3) is 0 Å². The SMILES string of the molecule is CC(N)C1CCN(CC2CNNC2c2ccc(C(F)(F)F)cc2)CC1.Cl. The van der Waals surface area contributed by atoms with E-state index in [1.807, 2.05) is 0 Å². The predicted molar refractivity (Wildman–Crippen MR) is 98.9 cm³/mol. The maximum atomic E-state index is 12.7. The van der Waals surface area contributed by atoms with Crippen LogP contribution in [0.4, 0.5) is 13.2 Å². The molecular formula is C18H28ClF3N4. The van der Waals surface area contributed by atoms with Gasteiger partial charge in [-0.2, -0.15) is 13.2 Å². The van der Waals surface area contributed by atoms with E-state index >= 15 is 0 Å². The molecule has 2 saturated heterocycles. The molecule has 8 heteroatoms. The van der Waals surface area contributed by atoms with Gasteiger partial charge in [-0.3, -0.25) is 5.43 Å². The number of nitrogens with zero attached hydrogens (tertiary/aromatic N) is 1. The molecule has 0 aliphatic carbocycles. The van der Waals surface area contributed by atoms with Gasteiger partial charge < -0.3 is 10.6 Å². The smallest absolute Gasteiger partial charge is 0.328 e. The highest BCUT2D eigenvalue weighted by atomic mass is 35.5. The van der Waals surface area contributed by atoms with Gasteiger partial charge in [-0.15, -0.1) is 12.4 Å². The third kappa shape index (κ3) is 5.10. The Hall–Kier alpha value is -0.860. The van der Waals surface area contributed by atoms with Gasteiger partial charge in [0.1, 0.15) is 0 Å². The minimum absolute atomic E-state index is 0. The highest BCUT2D eigenvalue weighted by Gasteiger charge is 2.33. The molecule has 0 bridgehead atoms. The van der Waals surface area contributed by atoms with Crippen molar-refractivity contribution in [2.75, 3.05) is 26.2 Å². The lowest BCUT2D eigenvalue weighted by atomic mass is 9.89. The molecule has 0 radical (unpaired) electrons. The molecule has 0 spiro atoms. The fraction of sp³-hybridized carbons (Fsp3) is 0.667. The summed E-state index contributed by atoms with van der Waals surface area (Å²) in [5.41, 5.74) is 12.7. The number of nitrogens with two attached hydrogens (primary N) is 1. The molecule has 4 nitrogen and oxygen atoms in total. The van der Waals surface area contributed by atoms with Crippen molar-refractivity contribution in [1.29, 1.82) is 0 Å². The summed E-state index contributed by atoms with van der Waals surface area (Å²) in [6, 6.07) is 5.79. The van der Waals surface area contributed by atoms with Crippen molar-refractivity contribution in [1.82, 2.24) is 15.8 Å². The Morgan fingerprint density at radius 2 is 1.81 bits per heavy atom. The Morgan fingerprint density at radius 3 is 2.35 bits per heavy atom. The summed E-state index contributed by atoms with van der Waals surface area (Å²) in [5, 5.41) is 0. The van der Waals surface area contributed by atoms with Crippen molar-refractivity contribution in [3.8, 4) is 0 Å². The topological polar surface area (TPSA) is 53.3 Å². The number of piperidine rings is 1. The third-order valence-corrected chi connectivity index (χ3v) is 5.56. The van der Waals surface area contributed by atoms with Gasteiger partial charge in [0, 0.05) is 25.0 Å². The molecule has 1 aromatic carbocycles. The number of hydrogen-bond donors (Lipinski definition) is 3. The van der Waals surface area contributed by atoms with Crippen LogP contribution in [-0.2, 0) is 6.18 Å². The minimum Gasteiger partial charge on any atom is -0.328 e. The highest BCUT2D eigenvalue weighted by Crippen LogP contribution is 2.32. The summed E-state index contributed by atoms with van der Waals surface area (Å²) >= 11 is 0. The largest absolute Gasteiger partial charge is 0.416 e.